The predicted octanol–water partition coefficient (Wildman–Crippen LogP) is -0.462. The van der Waals surface area contributed by atoms with E-state index >= 15 is 0 Å². The van der Waals surface area contributed by atoms with Crippen molar-refractivity contribution in [1.82, 2.24) is 0 Å². The Morgan fingerprint density at radius 2 is 1.31 bits per heavy atom. The summed E-state index contributed by atoms with van der Waals surface area (Å²) in [4.78, 5) is 42.1. The standard InChI is InChI=1S/H5O8P3S2/c1-9(2,3)7-11(6,13)8-10(4,5)12/h(H,6,13)(H2,1,2,3)(H2,4,5,12). The fourth-order valence-corrected chi connectivity index (χ4v) is 5.63. The highest BCUT2D eigenvalue weighted by molar-refractivity contribution is 8.14. The molecule has 0 rings (SSSR count). The number of rotatable bonds is 4. The van der Waals surface area contributed by atoms with Crippen molar-refractivity contribution < 1.29 is 37.7 Å². The van der Waals surface area contributed by atoms with Crippen LogP contribution in [-0.4, -0.2) is 24.5 Å². The van der Waals surface area contributed by atoms with Gasteiger partial charge in [0.1, 0.15) is 0 Å². The number of phosphoric acid groups is 1. The second kappa shape index (κ2) is 4.40. The highest BCUT2D eigenvalue weighted by Gasteiger charge is 2.32. The van der Waals surface area contributed by atoms with E-state index in [9.17, 15) is 4.57 Å². The monoisotopic (exact) mass is 290 g/mol. The van der Waals surface area contributed by atoms with Gasteiger partial charge in [0.05, 0.1) is 0 Å². The summed E-state index contributed by atoms with van der Waals surface area (Å²) in [6, 6.07) is 0. The minimum Gasteiger partial charge on any atom is -0.324 e. The third-order valence-corrected chi connectivity index (χ3v) is 5.57. The Balaban J connectivity index is 4.54. The molecule has 0 saturated carbocycles. The number of hydrogen-bond donors (Lipinski definition) is 5. The van der Waals surface area contributed by atoms with Crippen LogP contribution in [0.3, 0.4) is 0 Å². The summed E-state index contributed by atoms with van der Waals surface area (Å²) < 4.78 is 17.5. The van der Waals surface area contributed by atoms with Gasteiger partial charge in [-0.2, -0.15) is 0 Å². The molecule has 8 nitrogen and oxygen atoms in total. The largest absolute Gasteiger partial charge is 0.476 e. The molecule has 0 aliphatic carbocycles. The predicted molar refractivity (Wildman–Crippen MR) is 49.4 cm³/mol. The second-order valence-electron chi connectivity index (χ2n) is 1.61. The van der Waals surface area contributed by atoms with Gasteiger partial charge in [0, 0.05) is 0 Å². The highest BCUT2D eigenvalue weighted by Crippen LogP contribution is 2.64. The van der Waals surface area contributed by atoms with Gasteiger partial charge in [-0.05, 0) is 23.6 Å². The summed E-state index contributed by atoms with van der Waals surface area (Å²) >= 11 is 7.90. The Labute approximate surface area is 82.9 Å². The molecule has 13 heteroatoms. The van der Waals surface area contributed by atoms with Crippen molar-refractivity contribution >= 4 is 44.9 Å². The average molecular weight is 290 g/mol. The van der Waals surface area contributed by atoms with E-state index in [-0.39, 0.29) is 0 Å². The summed E-state index contributed by atoms with van der Waals surface area (Å²) in [6.07, 6.45) is 0. The van der Waals surface area contributed by atoms with Crippen LogP contribution >= 0.6 is 21.3 Å². The third kappa shape index (κ3) is 9.55. The molecule has 0 aliphatic rings. The molecule has 1 unspecified atom stereocenters. The van der Waals surface area contributed by atoms with Crippen molar-refractivity contribution in [3.05, 3.63) is 0 Å². The maximum Gasteiger partial charge on any atom is 0.476 e. The molecule has 0 heterocycles. The molecule has 80 valence electrons. The van der Waals surface area contributed by atoms with Crippen LogP contribution in [0.25, 0.3) is 0 Å². The molecule has 0 aromatic carbocycles. The Kier molecular flexibility index (Phi) is 4.83. The summed E-state index contributed by atoms with van der Waals surface area (Å²) in [7, 11) is -5.05. The van der Waals surface area contributed by atoms with E-state index in [1.54, 1.807) is 0 Å². The lowest BCUT2D eigenvalue weighted by Gasteiger charge is -2.17. The van der Waals surface area contributed by atoms with Gasteiger partial charge in [-0.3, -0.25) is 0 Å². The van der Waals surface area contributed by atoms with Crippen LogP contribution in [0, 0.1) is 0 Å². The van der Waals surface area contributed by atoms with Gasteiger partial charge in [-0.25, -0.2) is 13.2 Å². The molecular weight excluding hydrogens is 285 g/mol. The van der Waals surface area contributed by atoms with Gasteiger partial charge in [0.25, 0.3) is 0 Å². The molecule has 0 spiro atoms. The molecule has 0 aliphatic heterocycles. The van der Waals surface area contributed by atoms with E-state index in [4.69, 9.17) is 24.5 Å². The Morgan fingerprint density at radius 3 is 1.54 bits per heavy atom. The van der Waals surface area contributed by atoms with Crippen LogP contribution in [0.15, 0.2) is 0 Å². The lowest BCUT2D eigenvalue weighted by molar-refractivity contribution is 0.255. The van der Waals surface area contributed by atoms with E-state index in [1.807, 2.05) is 0 Å². The van der Waals surface area contributed by atoms with Crippen molar-refractivity contribution in [2.24, 2.45) is 0 Å². The normalized spacial score (nSPS) is 18.2. The minimum absolute atomic E-state index is 3.57. The smallest absolute Gasteiger partial charge is 0.324 e. The molecule has 0 saturated heterocycles. The molecular formula is H5O8P3S2. The van der Waals surface area contributed by atoms with Crippen molar-refractivity contribution in [3.8, 4) is 0 Å². The van der Waals surface area contributed by atoms with Crippen LogP contribution in [-0.2, 0) is 36.8 Å². The molecule has 0 amide bonds. The molecule has 0 radical (unpaired) electrons. The van der Waals surface area contributed by atoms with E-state index in [2.05, 4.69) is 32.2 Å². The first kappa shape index (κ1) is 14.2. The summed E-state index contributed by atoms with van der Waals surface area (Å²) in [5, 5.41) is 0. The van der Waals surface area contributed by atoms with Gasteiger partial charge in [-0.1, -0.05) is 0 Å². The van der Waals surface area contributed by atoms with E-state index < -0.39 is 21.3 Å². The van der Waals surface area contributed by atoms with Crippen molar-refractivity contribution in [2.75, 3.05) is 0 Å². The van der Waals surface area contributed by atoms with Crippen LogP contribution in [0.2, 0.25) is 0 Å². The van der Waals surface area contributed by atoms with Gasteiger partial charge >= 0.3 is 21.3 Å². The highest BCUT2D eigenvalue weighted by atomic mass is 32.5. The van der Waals surface area contributed by atoms with E-state index in [0.29, 0.717) is 0 Å². The number of hydrogen-bond acceptors (Lipinski definition) is 5. The topological polar surface area (TPSA) is 137 Å². The molecule has 0 bridgehead atoms. The summed E-state index contributed by atoms with van der Waals surface area (Å²) in [5.41, 5.74) is 0. The Hall–Kier alpha value is 1.25. The van der Waals surface area contributed by atoms with Crippen LogP contribution in [0.4, 0.5) is 0 Å². The zero-order valence-electron chi connectivity index (χ0n) is 5.62. The maximum atomic E-state index is 10.1. The third-order valence-electron chi connectivity index (χ3n) is 0.419. The quantitative estimate of drug-likeness (QED) is 0.432. The maximum absolute atomic E-state index is 10.1. The molecule has 13 heavy (non-hydrogen) atoms. The molecule has 5 N–H and O–H groups in total. The first-order chi connectivity index (χ1) is 5.41. The van der Waals surface area contributed by atoms with Crippen LogP contribution in [0.1, 0.15) is 0 Å². The van der Waals surface area contributed by atoms with Gasteiger partial charge < -0.3 is 24.5 Å². The van der Waals surface area contributed by atoms with Gasteiger partial charge in [-0.15, -0.1) is 0 Å². The molecule has 0 fully saturated rings. The van der Waals surface area contributed by atoms with Crippen LogP contribution in [0.5, 0.6) is 0 Å². The van der Waals surface area contributed by atoms with Crippen LogP contribution < -0.4 is 0 Å². The molecule has 0 aromatic rings. The zero-order chi connectivity index (χ0) is 10.9. The lowest BCUT2D eigenvalue weighted by atomic mass is 15.7. The minimum atomic E-state index is -5.05. The van der Waals surface area contributed by atoms with Gasteiger partial charge in [0.2, 0.25) is 0 Å². The summed E-state index contributed by atoms with van der Waals surface area (Å²) in [6.45, 7) is -8.73. The molecule has 1 atom stereocenters. The SMILES string of the molecule is O=P(O)(O)OP(O)(=S)OP(O)(O)=S. The zero-order valence-corrected chi connectivity index (χ0v) is 9.94. The fraction of sp³-hybridized carbons (Fsp3) is 0. The van der Waals surface area contributed by atoms with Crippen molar-refractivity contribution in [1.29, 1.82) is 0 Å². The average Bonchev–Trinajstić information content (AvgIpc) is 1.43. The second-order valence-corrected chi connectivity index (χ2v) is 8.63. The van der Waals surface area contributed by atoms with E-state index in [1.165, 1.54) is 0 Å². The fourth-order valence-electron chi connectivity index (χ4n) is 0.284. The lowest BCUT2D eigenvalue weighted by Crippen LogP contribution is -1.91. The Morgan fingerprint density at radius 1 is 0.923 bits per heavy atom. The van der Waals surface area contributed by atoms with Gasteiger partial charge in [0.15, 0.2) is 0 Å². The summed E-state index contributed by atoms with van der Waals surface area (Å²) in [5.74, 6) is 0. The van der Waals surface area contributed by atoms with E-state index in [0.717, 1.165) is 0 Å². The molecule has 0 aromatic heterocycles. The Bertz CT molecular complexity index is 279. The van der Waals surface area contributed by atoms with Crippen molar-refractivity contribution in [3.63, 3.8) is 0 Å². The first-order valence-corrected chi connectivity index (χ1v) is 9.02. The van der Waals surface area contributed by atoms with Crippen molar-refractivity contribution in [2.45, 2.75) is 0 Å². The first-order valence-electron chi connectivity index (χ1n) is 2.28.